The van der Waals surface area contributed by atoms with E-state index in [-0.39, 0.29) is 6.54 Å². The van der Waals surface area contributed by atoms with Gasteiger partial charge in [0.15, 0.2) is 0 Å². The topological polar surface area (TPSA) is 74.7 Å². The van der Waals surface area contributed by atoms with Gasteiger partial charge in [0.1, 0.15) is 6.54 Å². The Hall–Kier alpha value is -1.77. The van der Waals surface area contributed by atoms with E-state index in [9.17, 15) is 26.4 Å². The minimum atomic E-state index is -5.38. The zero-order valence-corrected chi connectivity index (χ0v) is 11.2. The number of hydrogen-bond acceptors (Lipinski definition) is 4. The first-order chi connectivity index (χ1) is 9.09. The van der Waals surface area contributed by atoms with Gasteiger partial charge >= 0.3 is 11.5 Å². The van der Waals surface area contributed by atoms with Gasteiger partial charge in [-0.2, -0.15) is 13.2 Å². The maximum absolute atomic E-state index is 12.3. The summed E-state index contributed by atoms with van der Waals surface area (Å²) in [6, 6.07) is 3.90. The Labute approximate surface area is 113 Å². The fourth-order valence-electron chi connectivity index (χ4n) is 1.52. The molecule has 0 atom stereocenters. The number of anilines is 1. The Bertz CT molecular complexity index is 581. The summed E-state index contributed by atoms with van der Waals surface area (Å²) in [7, 11) is -5.38. The summed E-state index contributed by atoms with van der Waals surface area (Å²) in [5.41, 5.74) is -5.03. The molecule has 0 heterocycles. The zero-order valence-electron chi connectivity index (χ0n) is 10.4. The van der Waals surface area contributed by atoms with E-state index < -0.39 is 26.2 Å². The number of aliphatic carboxylic acids is 1. The number of hydrogen-bond donors (Lipinski definition) is 1. The molecule has 0 aliphatic heterocycles. The Morgan fingerprint density at radius 2 is 1.75 bits per heavy atom. The number of nitrogens with zero attached hydrogens (tertiary/aromatic N) is 1. The number of carboxylic acids is 1. The first-order valence-electron chi connectivity index (χ1n) is 5.47. The van der Waals surface area contributed by atoms with Gasteiger partial charge in [-0.1, -0.05) is 0 Å². The first-order valence-corrected chi connectivity index (χ1v) is 6.96. The summed E-state index contributed by atoms with van der Waals surface area (Å²) in [4.78, 5) is 11.1. The van der Waals surface area contributed by atoms with E-state index in [0.29, 0.717) is 12.2 Å². The lowest BCUT2D eigenvalue weighted by molar-refractivity contribution is -0.135. The van der Waals surface area contributed by atoms with Crippen LogP contribution in [0.25, 0.3) is 0 Å². The fourth-order valence-corrected chi connectivity index (χ4v) is 2.28. The van der Waals surface area contributed by atoms with Crippen molar-refractivity contribution in [2.75, 3.05) is 18.0 Å². The van der Waals surface area contributed by atoms with Crippen LogP contribution in [0.3, 0.4) is 0 Å². The summed E-state index contributed by atoms with van der Waals surface area (Å²) in [6.45, 7) is 1.66. The molecule has 1 rings (SSSR count). The fraction of sp³-hybridized carbons (Fsp3) is 0.364. The van der Waals surface area contributed by atoms with Gasteiger partial charge in [0.05, 0.1) is 4.90 Å². The molecule has 9 heteroatoms. The average Bonchev–Trinajstić information content (AvgIpc) is 2.34. The van der Waals surface area contributed by atoms with E-state index in [2.05, 4.69) is 0 Å². The number of sulfone groups is 1. The molecule has 0 aliphatic rings. The minimum Gasteiger partial charge on any atom is -0.480 e. The molecule has 1 aromatic rings. The van der Waals surface area contributed by atoms with Gasteiger partial charge in [0, 0.05) is 12.2 Å². The minimum absolute atomic E-state index is 0.317. The highest BCUT2D eigenvalue weighted by Gasteiger charge is 2.46. The Morgan fingerprint density at radius 3 is 2.10 bits per heavy atom. The second-order valence-electron chi connectivity index (χ2n) is 3.85. The van der Waals surface area contributed by atoms with Gasteiger partial charge in [-0.3, -0.25) is 4.79 Å². The van der Waals surface area contributed by atoms with Crippen molar-refractivity contribution in [3.05, 3.63) is 24.3 Å². The largest absolute Gasteiger partial charge is 0.501 e. The van der Waals surface area contributed by atoms with Crippen LogP contribution in [0.4, 0.5) is 18.9 Å². The number of alkyl halides is 3. The molecule has 0 amide bonds. The third-order valence-corrected chi connectivity index (χ3v) is 4.03. The highest BCUT2D eigenvalue weighted by molar-refractivity contribution is 7.92. The van der Waals surface area contributed by atoms with Crippen LogP contribution in [-0.2, 0) is 14.6 Å². The van der Waals surface area contributed by atoms with Crippen LogP contribution in [0.2, 0.25) is 0 Å². The normalized spacial score (nSPS) is 12.2. The Morgan fingerprint density at radius 1 is 1.25 bits per heavy atom. The molecular formula is C11H12F3NO4S. The van der Waals surface area contributed by atoms with Crippen molar-refractivity contribution >= 4 is 21.5 Å². The molecule has 1 N–H and O–H groups in total. The van der Waals surface area contributed by atoms with Gasteiger partial charge in [0.2, 0.25) is 0 Å². The summed E-state index contributed by atoms with van der Waals surface area (Å²) in [6.07, 6.45) is 0. The average molecular weight is 311 g/mol. The second kappa shape index (κ2) is 5.70. The number of rotatable bonds is 5. The van der Waals surface area contributed by atoms with Crippen LogP contribution in [0.1, 0.15) is 6.92 Å². The number of carbonyl (C=O) groups is 1. The van der Waals surface area contributed by atoms with Gasteiger partial charge in [-0.25, -0.2) is 8.42 Å². The zero-order chi connectivity index (χ0) is 15.6. The van der Waals surface area contributed by atoms with Gasteiger partial charge in [-0.15, -0.1) is 0 Å². The van der Waals surface area contributed by atoms with Gasteiger partial charge in [-0.05, 0) is 31.2 Å². The maximum atomic E-state index is 12.3. The molecule has 0 spiro atoms. The molecule has 0 aliphatic carbocycles. The molecule has 0 saturated carbocycles. The third kappa shape index (κ3) is 3.41. The monoisotopic (exact) mass is 311 g/mol. The van der Waals surface area contributed by atoms with Gasteiger partial charge < -0.3 is 10.0 Å². The lowest BCUT2D eigenvalue weighted by Crippen LogP contribution is -2.29. The quantitative estimate of drug-likeness (QED) is 0.899. The molecule has 0 unspecified atom stereocenters. The van der Waals surface area contributed by atoms with Crippen LogP contribution in [0.5, 0.6) is 0 Å². The molecule has 0 bridgehead atoms. The van der Waals surface area contributed by atoms with E-state index in [1.54, 1.807) is 6.92 Å². The summed E-state index contributed by atoms with van der Waals surface area (Å²) >= 11 is 0. The van der Waals surface area contributed by atoms with Crippen molar-refractivity contribution in [3.63, 3.8) is 0 Å². The standard InChI is InChI=1S/C11H12F3NO4S/c1-2-15(7-10(16)17)8-3-5-9(6-4-8)20(18,19)11(12,13)14/h3-6H,2,7H2,1H3,(H,16,17). The van der Waals surface area contributed by atoms with E-state index in [4.69, 9.17) is 5.11 Å². The van der Waals surface area contributed by atoms with E-state index in [0.717, 1.165) is 24.3 Å². The highest BCUT2D eigenvalue weighted by atomic mass is 32.2. The molecule has 0 radical (unpaired) electrons. The van der Waals surface area contributed by atoms with Crippen LogP contribution >= 0.6 is 0 Å². The number of benzene rings is 1. The molecule has 0 saturated heterocycles. The van der Waals surface area contributed by atoms with E-state index >= 15 is 0 Å². The number of carboxylic acid groups (broad SMARTS) is 1. The van der Waals surface area contributed by atoms with Crippen LogP contribution in [0, 0.1) is 0 Å². The summed E-state index contributed by atoms with van der Waals surface area (Å²) in [5, 5.41) is 8.68. The smallest absolute Gasteiger partial charge is 0.480 e. The van der Waals surface area contributed by atoms with Gasteiger partial charge in [0.25, 0.3) is 9.84 Å². The van der Waals surface area contributed by atoms with Crippen LogP contribution < -0.4 is 4.90 Å². The third-order valence-electron chi connectivity index (χ3n) is 2.52. The molecule has 20 heavy (non-hydrogen) atoms. The van der Waals surface area contributed by atoms with Crippen LogP contribution in [-0.4, -0.2) is 38.1 Å². The summed E-state index contributed by atoms with van der Waals surface area (Å²) < 4.78 is 59.3. The van der Waals surface area contributed by atoms with E-state index in [1.807, 2.05) is 0 Å². The molecular weight excluding hydrogens is 299 g/mol. The molecule has 5 nitrogen and oxygen atoms in total. The van der Waals surface area contributed by atoms with Crippen LogP contribution in [0.15, 0.2) is 29.2 Å². The van der Waals surface area contributed by atoms with Crippen molar-refractivity contribution < 1.29 is 31.5 Å². The van der Waals surface area contributed by atoms with E-state index in [1.165, 1.54) is 4.90 Å². The molecule has 112 valence electrons. The lowest BCUT2D eigenvalue weighted by Gasteiger charge is -2.21. The van der Waals surface area contributed by atoms with Crippen molar-refractivity contribution in [1.82, 2.24) is 0 Å². The van der Waals surface area contributed by atoms with Crippen molar-refractivity contribution in [2.24, 2.45) is 0 Å². The predicted octanol–water partition coefficient (Wildman–Crippen LogP) is 1.89. The molecule has 0 aromatic heterocycles. The summed E-state index contributed by atoms with van der Waals surface area (Å²) in [5.74, 6) is -1.10. The Kier molecular flexibility index (Phi) is 4.64. The molecule has 1 aromatic carbocycles. The van der Waals surface area contributed by atoms with Crippen molar-refractivity contribution in [2.45, 2.75) is 17.3 Å². The highest BCUT2D eigenvalue weighted by Crippen LogP contribution is 2.31. The SMILES string of the molecule is CCN(CC(=O)O)c1ccc(S(=O)(=O)C(F)(F)F)cc1. The number of halogens is 3. The molecule has 0 fully saturated rings. The first kappa shape index (κ1) is 16.3. The predicted molar refractivity (Wildman–Crippen MR) is 65.2 cm³/mol. The maximum Gasteiger partial charge on any atom is 0.501 e. The lowest BCUT2D eigenvalue weighted by atomic mass is 10.3. The number of likely N-dealkylation sites (N-methyl/N-ethyl adjacent to an activating group) is 1. The van der Waals surface area contributed by atoms with Crippen molar-refractivity contribution in [3.8, 4) is 0 Å². The van der Waals surface area contributed by atoms with Crippen molar-refractivity contribution in [1.29, 1.82) is 0 Å². The second-order valence-corrected chi connectivity index (χ2v) is 5.79. The Balaban J connectivity index is 3.08.